The fourth-order valence-electron chi connectivity index (χ4n) is 2.99. The molecule has 84 valence electrons. The van der Waals surface area contributed by atoms with Gasteiger partial charge in [0.15, 0.2) is 0 Å². The SMILES string of the molecule is NNC(=NC1CC1)N1CC2CCCC2C1. The van der Waals surface area contributed by atoms with Crippen molar-refractivity contribution in [2.75, 3.05) is 13.1 Å². The number of fused-ring (bicyclic) bond motifs is 1. The van der Waals surface area contributed by atoms with Gasteiger partial charge in [0.25, 0.3) is 0 Å². The molecule has 3 aliphatic rings. The zero-order valence-corrected chi connectivity index (χ0v) is 9.15. The van der Waals surface area contributed by atoms with Crippen LogP contribution in [0.5, 0.6) is 0 Å². The van der Waals surface area contributed by atoms with E-state index in [1.54, 1.807) is 0 Å². The van der Waals surface area contributed by atoms with Gasteiger partial charge in [0, 0.05) is 13.1 Å². The molecule has 1 heterocycles. The summed E-state index contributed by atoms with van der Waals surface area (Å²) in [6, 6.07) is 0.552. The van der Waals surface area contributed by atoms with E-state index in [9.17, 15) is 0 Å². The Hall–Kier alpha value is -0.770. The van der Waals surface area contributed by atoms with Crippen LogP contribution in [0, 0.1) is 11.8 Å². The van der Waals surface area contributed by atoms with Gasteiger partial charge in [0.1, 0.15) is 0 Å². The van der Waals surface area contributed by atoms with Crippen LogP contribution in [-0.2, 0) is 0 Å². The second-order valence-corrected chi connectivity index (χ2v) is 5.18. The molecule has 2 aliphatic carbocycles. The number of rotatable bonds is 1. The smallest absolute Gasteiger partial charge is 0.208 e. The van der Waals surface area contributed by atoms with E-state index >= 15 is 0 Å². The fourth-order valence-corrected chi connectivity index (χ4v) is 2.99. The Kier molecular flexibility index (Phi) is 2.31. The molecule has 1 saturated heterocycles. The van der Waals surface area contributed by atoms with Gasteiger partial charge >= 0.3 is 0 Å². The average Bonchev–Trinajstić information content (AvgIpc) is 2.79. The lowest BCUT2D eigenvalue weighted by atomic mass is 10.0. The van der Waals surface area contributed by atoms with Gasteiger partial charge in [-0.15, -0.1) is 0 Å². The molecule has 2 unspecified atom stereocenters. The summed E-state index contributed by atoms with van der Waals surface area (Å²) < 4.78 is 0. The molecule has 3 N–H and O–H groups in total. The minimum Gasteiger partial charge on any atom is -0.341 e. The summed E-state index contributed by atoms with van der Waals surface area (Å²) in [5.74, 6) is 8.30. The summed E-state index contributed by atoms with van der Waals surface area (Å²) in [5, 5.41) is 0. The lowest BCUT2D eigenvalue weighted by Crippen LogP contribution is -2.44. The summed E-state index contributed by atoms with van der Waals surface area (Å²) in [6.07, 6.45) is 6.72. The molecule has 2 atom stereocenters. The minimum atomic E-state index is 0.552. The molecule has 15 heavy (non-hydrogen) atoms. The maximum atomic E-state index is 5.56. The molecule has 2 saturated carbocycles. The van der Waals surface area contributed by atoms with E-state index in [0.717, 1.165) is 17.8 Å². The van der Waals surface area contributed by atoms with Gasteiger partial charge in [0.05, 0.1) is 6.04 Å². The van der Waals surface area contributed by atoms with E-state index in [2.05, 4.69) is 15.3 Å². The van der Waals surface area contributed by atoms with Crippen molar-refractivity contribution in [2.45, 2.75) is 38.1 Å². The Morgan fingerprint density at radius 2 is 1.80 bits per heavy atom. The predicted molar refractivity (Wildman–Crippen MR) is 60.2 cm³/mol. The number of nitrogens with two attached hydrogens (primary N) is 1. The summed E-state index contributed by atoms with van der Waals surface area (Å²) in [4.78, 5) is 6.98. The zero-order chi connectivity index (χ0) is 10.3. The lowest BCUT2D eigenvalue weighted by Gasteiger charge is -2.20. The average molecular weight is 208 g/mol. The maximum Gasteiger partial charge on any atom is 0.208 e. The Balaban J connectivity index is 1.66. The van der Waals surface area contributed by atoms with Crippen LogP contribution < -0.4 is 11.3 Å². The van der Waals surface area contributed by atoms with Crippen LogP contribution in [-0.4, -0.2) is 30.0 Å². The predicted octanol–water partition coefficient (Wildman–Crippen LogP) is 0.700. The highest BCUT2D eigenvalue weighted by Crippen LogP contribution is 2.37. The summed E-state index contributed by atoms with van der Waals surface area (Å²) >= 11 is 0. The first-order chi connectivity index (χ1) is 7.36. The third-order valence-electron chi connectivity index (χ3n) is 4.01. The Morgan fingerprint density at radius 1 is 1.13 bits per heavy atom. The number of guanidine groups is 1. The van der Waals surface area contributed by atoms with Crippen molar-refractivity contribution in [3.8, 4) is 0 Å². The number of likely N-dealkylation sites (tertiary alicyclic amines) is 1. The van der Waals surface area contributed by atoms with Crippen molar-refractivity contribution in [3.05, 3.63) is 0 Å². The van der Waals surface area contributed by atoms with E-state index in [1.165, 1.54) is 45.2 Å². The molecule has 4 nitrogen and oxygen atoms in total. The highest BCUT2D eigenvalue weighted by atomic mass is 15.4. The second kappa shape index (κ2) is 3.67. The summed E-state index contributed by atoms with van der Waals surface area (Å²) in [6.45, 7) is 2.33. The largest absolute Gasteiger partial charge is 0.341 e. The minimum absolute atomic E-state index is 0.552. The number of nitrogens with zero attached hydrogens (tertiary/aromatic N) is 2. The van der Waals surface area contributed by atoms with Crippen LogP contribution >= 0.6 is 0 Å². The van der Waals surface area contributed by atoms with Crippen molar-refractivity contribution in [2.24, 2.45) is 22.7 Å². The normalized spacial score (nSPS) is 35.8. The fraction of sp³-hybridized carbons (Fsp3) is 0.909. The number of hydrogen-bond acceptors (Lipinski definition) is 2. The van der Waals surface area contributed by atoms with Gasteiger partial charge in [-0.05, 0) is 37.5 Å². The van der Waals surface area contributed by atoms with Gasteiger partial charge in [-0.25, -0.2) is 10.8 Å². The number of hydrazine groups is 1. The van der Waals surface area contributed by atoms with E-state index < -0.39 is 0 Å². The third-order valence-corrected chi connectivity index (χ3v) is 4.01. The summed E-state index contributed by atoms with van der Waals surface area (Å²) in [5.41, 5.74) is 2.78. The maximum absolute atomic E-state index is 5.56. The standard InChI is InChI=1S/C11H20N4/c12-14-11(13-10-4-5-10)15-6-8-2-1-3-9(8)7-15/h8-10H,1-7,12H2,(H,13,14). The first-order valence-electron chi connectivity index (χ1n) is 6.16. The quantitative estimate of drug-likeness (QED) is 0.289. The van der Waals surface area contributed by atoms with Gasteiger partial charge < -0.3 is 4.90 Å². The number of aliphatic imine (C=N–C) groups is 1. The molecule has 0 bridgehead atoms. The molecular formula is C11H20N4. The van der Waals surface area contributed by atoms with Gasteiger partial charge in [0.2, 0.25) is 5.96 Å². The van der Waals surface area contributed by atoms with Gasteiger partial charge in [-0.2, -0.15) is 0 Å². The van der Waals surface area contributed by atoms with Crippen LogP contribution in [0.4, 0.5) is 0 Å². The summed E-state index contributed by atoms with van der Waals surface area (Å²) in [7, 11) is 0. The van der Waals surface area contributed by atoms with E-state index in [0.29, 0.717) is 6.04 Å². The van der Waals surface area contributed by atoms with Gasteiger partial charge in [-0.3, -0.25) is 5.43 Å². The van der Waals surface area contributed by atoms with Crippen molar-refractivity contribution in [3.63, 3.8) is 0 Å². The van der Waals surface area contributed by atoms with Crippen LogP contribution in [0.15, 0.2) is 4.99 Å². The van der Waals surface area contributed by atoms with Crippen molar-refractivity contribution in [1.82, 2.24) is 10.3 Å². The third kappa shape index (κ3) is 1.83. The molecule has 0 aromatic heterocycles. The van der Waals surface area contributed by atoms with Crippen LogP contribution in [0.1, 0.15) is 32.1 Å². The number of hydrogen-bond donors (Lipinski definition) is 2. The van der Waals surface area contributed by atoms with Crippen molar-refractivity contribution >= 4 is 5.96 Å². The molecule has 1 aliphatic heterocycles. The van der Waals surface area contributed by atoms with E-state index in [-0.39, 0.29) is 0 Å². The monoisotopic (exact) mass is 208 g/mol. The van der Waals surface area contributed by atoms with Crippen molar-refractivity contribution in [1.29, 1.82) is 0 Å². The lowest BCUT2D eigenvalue weighted by molar-refractivity contribution is 0.445. The molecule has 3 rings (SSSR count). The Labute approximate surface area is 90.9 Å². The van der Waals surface area contributed by atoms with Gasteiger partial charge in [-0.1, -0.05) is 6.42 Å². The van der Waals surface area contributed by atoms with Crippen LogP contribution in [0.2, 0.25) is 0 Å². The topological polar surface area (TPSA) is 53.6 Å². The molecule has 0 spiro atoms. The first kappa shape index (κ1) is 9.46. The highest BCUT2D eigenvalue weighted by molar-refractivity contribution is 5.80. The first-order valence-corrected chi connectivity index (χ1v) is 6.16. The Morgan fingerprint density at radius 3 is 2.33 bits per heavy atom. The molecule has 0 amide bonds. The van der Waals surface area contributed by atoms with E-state index in [1.807, 2.05) is 0 Å². The molecular weight excluding hydrogens is 188 g/mol. The van der Waals surface area contributed by atoms with Crippen LogP contribution in [0.25, 0.3) is 0 Å². The Bertz CT molecular complexity index is 260. The molecule has 0 aromatic carbocycles. The molecule has 0 radical (unpaired) electrons. The zero-order valence-electron chi connectivity index (χ0n) is 9.15. The molecule has 0 aromatic rings. The second-order valence-electron chi connectivity index (χ2n) is 5.18. The van der Waals surface area contributed by atoms with Crippen LogP contribution in [0.3, 0.4) is 0 Å². The highest BCUT2D eigenvalue weighted by Gasteiger charge is 2.37. The molecule has 3 fully saturated rings. The van der Waals surface area contributed by atoms with E-state index in [4.69, 9.17) is 5.84 Å². The van der Waals surface area contributed by atoms with Crippen molar-refractivity contribution < 1.29 is 0 Å². The molecule has 4 heteroatoms. The number of nitrogens with one attached hydrogen (secondary N) is 1.